The molecule has 268 valence electrons. The van der Waals surface area contributed by atoms with E-state index in [2.05, 4.69) is 47.1 Å². The Morgan fingerprint density at radius 3 is 2.51 bits per heavy atom. The normalized spacial score (nSPS) is 18.6. The second-order valence-electron chi connectivity index (χ2n) is 16.5. The third-order valence-corrected chi connectivity index (χ3v) is 12.5. The summed E-state index contributed by atoms with van der Waals surface area (Å²) in [5.74, 6) is 3.18. The average Bonchev–Trinajstić information content (AvgIpc) is 4.02. The van der Waals surface area contributed by atoms with Gasteiger partial charge in [0.05, 0.1) is 12.1 Å². The largest absolute Gasteiger partial charge is 0.361 e. The van der Waals surface area contributed by atoms with Crippen molar-refractivity contribution in [3.63, 3.8) is 0 Å². The highest BCUT2D eigenvalue weighted by Crippen LogP contribution is 2.44. The van der Waals surface area contributed by atoms with Crippen LogP contribution in [0.3, 0.4) is 0 Å². The van der Waals surface area contributed by atoms with Crippen LogP contribution in [0.4, 0.5) is 4.39 Å². The number of rotatable bonds is 12. The SMILES string of the molecule is C[C@H]1CCCN(Cc2nc3c(C4CC4)cn(-c4cc(-c5ccc(F)cc5-c5nccn5C)cc(C5CC5)n4)c(=O)c3n2COCC[Si](C)(C)C)C1. The molecule has 8 rings (SSSR count). The Bertz CT molecular complexity index is 2140. The monoisotopic (exact) mass is 707 g/mol. The highest BCUT2D eigenvalue weighted by atomic mass is 28.3. The maximum atomic E-state index is 14.9. The number of hydrogen-bond acceptors (Lipinski definition) is 6. The van der Waals surface area contributed by atoms with Crippen LogP contribution >= 0.6 is 0 Å². The molecule has 0 spiro atoms. The molecule has 1 saturated heterocycles. The number of aryl methyl sites for hydroxylation is 1. The highest BCUT2D eigenvalue weighted by molar-refractivity contribution is 6.76. The van der Waals surface area contributed by atoms with E-state index < -0.39 is 8.07 Å². The maximum Gasteiger partial charge on any atom is 0.282 e. The number of ether oxygens (including phenoxy) is 1. The molecule has 1 atom stereocenters. The molecule has 11 heteroatoms. The first-order valence-corrected chi connectivity index (χ1v) is 22.5. The van der Waals surface area contributed by atoms with Crippen molar-refractivity contribution in [2.24, 2.45) is 13.0 Å². The number of halogens is 1. The van der Waals surface area contributed by atoms with Crippen LogP contribution < -0.4 is 5.56 Å². The smallest absolute Gasteiger partial charge is 0.282 e. The van der Waals surface area contributed by atoms with E-state index >= 15 is 0 Å². The van der Waals surface area contributed by atoms with Gasteiger partial charge in [0.15, 0.2) is 0 Å². The first kappa shape index (κ1) is 34.2. The fraction of sp³-hybridized carbons (Fsp3) is 0.500. The number of fused-ring (bicyclic) bond motifs is 1. The molecule has 3 aliphatic rings. The Kier molecular flexibility index (Phi) is 9.08. The van der Waals surface area contributed by atoms with E-state index in [0.717, 1.165) is 78.5 Å². The zero-order valence-electron chi connectivity index (χ0n) is 30.7. The summed E-state index contributed by atoms with van der Waals surface area (Å²) >= 11 is 0. The summed E-state index contributed by atoms with van der Waals surface area (Å²) in [6, 6.07) is 10.0. The third-order valence-electron chi connectivity index (χ3n) is 10.8. The second-order valence-corrected chi connectivity index (χ2v) is 22.1. The number of aromatic nitrogens is 6. The number of piperidine rings is 1. The van der Waals surface area contributed by atoms with Crippen molar-refractivity contribution < 1.29 is 9.13 Å². The zero-order chi connectivity index (χ0) is 35.4. The molecule has 5 aromatic rings. The van der Waals surface area contributed by atoms with Gasteiger partial charge in [-0.3, -0.25) is 18.8 Å². The molecule has 2 saturated carbocycles. The summed E-state index contributed by atoms with van der Waals surface area (Å²) in [5.41, 5.74) is 5.78. The number of nitrogens with zero attached hydrogens (tertiary/aromatic N) is 7. The highest BCUT2D eigenvalue weighted by Gasteiger charge is 2.32. The van der Waals surface area contributed by atoms with Crippen LogP contribution in [0.5, 0.6) is 0 Å². The van der Waals surface area contributed by atoms with Gasteiger partial charge < -0.3 is 9.30 Å². The minimum absolute atomic E-state index is 0.135. The van der Waals surface area contributed by atoms with Gasteiger partial charge in [-0.1, -0.05) is 32.6 Å². The van der Waals surface area contributed by atoms with Gasteiger partial charge in [-0.25, -0.2) is 19.3 Å². The van der Waals surface area contributed by atoms with Gasteiger partial charge in [-0.2, -0.15) is 0 Å². The molecule has 4 aromatic heterocycles. The summed E-state index contributed by atoms with van der Waals surface area (Å²) in [4.78, 5) is 32.4. The number of imidazole rings is 2. The molecule has 3 fully saturated rings. The lowest BCUT2D eigenvalue weighted by atomic mass is 9.98. The van der Waals surface area contributed by atoms with Crippen molar-refractivity contribution >= 4 is 19.1 Å². The Balaban J connectivity index is 1.28. The van der Waals surface area contributed by atoms with Crippen molar-refractivity contribution in [1.82, 2.24) is 33.6 Å². The van der Waals surface area contributed by atoms with Crippen LogP contribution in [0.15, 0.2) is 53.7 Å². The quantitative estimate of drug-likeness (QED) is 0.0964. The molecule has 2 aliphatic carbocycles. The van der Waals surface area contributed by atoms with E-state index in [-0.39, 0.29) is 11.4 Å². The number of pyridine rings is 2. The Morgan fingerprint density at radius 1 is 1.00 bits per heavy atom. The van der Waals surface area contributed by atoms with Crippen LogP contribution in [0.1, 0.15) is 74.4 Å². The number of benzene rings is 1. The molecule has 0 radical (unpaired) electrons. The number of hydrogen-bond donors (Lipinski definition) is 0. The topological polar surface area (TPSA) is 83.0 Å². The Morgan fingerprint density at radius 2 is 1.80 bits per heavy atom. The van der Waals surface area contributed by atoms with Crippen molar-refractivity contribution in [3.05, 3.63) is 82.2 Å². The lowest BCUT2D eigenvalue weighted by Gasteiger charge is -2.30. The lowest BCUT2D eigenvalue weighted by Crippen LogP contribution is -2.34. The second kappa shape index (κ2) is 13.6. The summed E-state index contributed by atoms with van der Waals surface area (Å²) in [5, 5.41) is 0. The van der Waals surface area contributed by atoms with Gasteiger partial charge in [0.2, 0.25) is 0 Å². The molecule has 9 nitrogen and oxygen atoms in total. The fourth-order valence-electron chi connectivity index (χ4n) is 7.56. The fourth-order valence-corrected chi connectivity index (χ4v) is 8.32. The molecule has 0 unspecified atom stereocenters. The maximum absolute atomic E-state index is 14.9. The van der Waals surface area contributed by atoms with E-state index in [1.165, 1.54) is 18.9 Å². The summed E-state index contributed by atoms with van der Waals surface area (Å²) < 4.78 is 26.8. The minimum atomic E-state index is -1.30. The van der Waals surface area contributed by atoms with E-state index in [1.807, 2.05) is 36.1 Å². The van der Waals surface area contributed by atoms with Gasteiger partial charge in [-0.05, 0) is 98.3 Å². The van der Waals surface area contributed by atoms with Crippen LogP contribution in [0, 0.1) is 11.7 Å². The minimum Gasteiger partial charge on any atom is -0.361 e. The standard InChI is InChI=1S/C40H50FN7O2Si/c1-26-7-6-15-46(22-26)24-36-44-37-33(27-8-9-27)23-47(40(49)38(37)48(36)25-50-17-18-51(3,4)5)35-20-29(19-34(43-35)28-10-11-28)31-13-12-30(41)21-32(31)39-42-14-16-45(39)2/h12-14,16,19-21,23,26-28H,6-11,15,17-18,22,24-25H2,1-5H3/t26-/m0/s1. The van der Waals surface area contributed by atoms with Crippen LogP contribution in [0.25, 0.3) is 39.4 Å². The third kappa shape index (κ3) is 7.25. The van der Waals surface area contributed by atoms with Gasteiger partial charge in [-0.15, -0.1) is 0 Å². The molecule has 0 amide bonds. The van der Waals surface area contributed by atoms with E-state index in [0.29, 0.717) is 60.4 Å². The van der Waals surface area contributed by atoms with Crippen LogP contribution in [0.2, 0.25) is 25.7 Å². The molecular weight excluding hydrogens is 658 g/mol. The molecule has 1 aromatic carbocycles. The van der Waals surface area contributed by atoms with Crippen molar-refractivity contribution in [1.29, 1.82) is 0 Å². The predicted molar refractivity (Wildman–Crippen MR) is 202 cm³/mol. The van der Waals surface area contributed by atoms with Crippen LogP contribution in [-0.4, -0.2) is 61.3 Å². The van der Waals surface area contributed by atoms with Crippen molar-refractivity contribution in [2.45, 2.75) is 96.2 Å². The van der Waals surface area contributed by atoms with E-state index in [9.17, 15) is 9.18 Å². The first-order chi connectivity index (χ1) is 24.5. The molecular formula is C40H50FN7O2Si. The van der Waals surface area contributed by atoms with E-state index in [4.69, 9.17) is 14.7 Å². The first-order valence-electron chi connectivity index (χ1n) is 18.8. The number of likely N-dealkylation sites (tertiary alicyclic amines) is 1. The molecule has 51 heavy (non-hydrogen) atoms. The molecule has 0 N–H and O–H groups in total. The predicted octanol–water partition coefficient (Wildman–Crippen LogP) is 8.09. The van der Waals surface area contributed by atoms with E-state index in [1.54, 1.807) is 16.8 Å². The Hall–Kier alpha value is -3.93. The van der Waals surface area contributed by atoms with Gasteiger partial charge in [0.25, 0.3) is 5.56 Å². The van der Waals surface area contributed by atoms with Crippen molar-refractivity contribution in [2.75, 3.05) is 19.7 Å². The van der Waals surface area contributed by atoms with Crippen molar-refractivity contribution in [3.8, 4) is 28.3 Å². The molecule has 1 aliphatic heterocycles. The summed E-state index contributed by atoms with van der Waals surface area (Å²) in [6.45, 7) is 13.1. The van der Waals surface area contributed by atoms with Crippen LogP contribution in [-0.2, 0) is 25.1 Å². The van der Waals surface area contributed by atoms with Gasteiger partial charge >= 0.3 is 0 Å². The molecule has 5 heterocycles. The average molecular weight is 708 g/mol. The zero-order valence-corrected chi connectivity index (χ0v) is 31.7. The lowest BCUT2D eigenvalue weighted by molar-refractivity contribution is 0.0839. The Labute approximate surface area is 300 Å². The summed E-state index contributed by atoms with van der Waals surface area (Å²) in [6.07, 6.45) is 12.3. The summed E-state index contributed by atoms with van der Waals surface area (Å²) in [7, 11) is 0.615. The van der Waals surface area contributed by atoms with Gasteiger partial charge in [0, 0.05) is 69.6 Å². The van der Waals surface area contributed by atoms with Gasteiger partial charge in [0.1, 0.15) is 35.5 Å². The molecule has 0 bridgehead atoms.